The third kappa shape index (κ3) is 2.11. The van der Waals surface area contributed by atoms with Gasteiger partial charge in [-0.2, -0.15) is 5.10 Å². The maximum Gasteiger partial charge on any atom is 0.277 e. The number of amides is 1. The van der Waals surface area contributed by atoms with E-state index in [0.29, 0.717) is 11.5 Å². The highest BCUT2D eigenvalue weighted by Gasteiger charge is 2.16. The van der Waals surface area contributed by atoms with Crippen LogP contribution in [0.1, 0.15) is 29.0 Å². The van der Waals surface area contributed by atoms with E-state index in [4.69, 9.17) is 0 Å². The van der Waals surface area contributed by atoms with E-state index in [-0.39, 0.29) is 5.91 Å². The van der Waals surface area contributed by atoms with Gasteiger partial charge in [-0.25, -0.2) is 4.98 Å². The molecule has 0 aliphatic carbocycles. The van der Waals surface area contributed by atoms with E-state index in [0.717, 1.165) is 25.1 Å². The largest absolute Gasteiger partial charge is 0.305 e. The van der Waals surface area contributed by atoms with E-state index < -0.39 is 0 Å². The van der Waals surface area contributed by atoms with Crippen molar-refractivity contribution in [2.24, 2.45) is 0 Å². The molecule has 2 aromatic heterocycles. The lowest BCUT2D eigenvalue weighted by Crippen LogP contribution is -2.15. The maximum absolute atomic E-state index is 12.0. The summed E-state index contributed by atoms with van der Waals surface area (Å²) in [6.45, 7) is 0.909. The average Bonchev–Trinajstić information content (AvgIpc) is 2.84. The standard InChI is InChI=1S/C13H14N4O/c18-13(15-12-6-1-3-7-14-12)11-9-10-5-2-4-8-17(10)16-11/h1,3,6-7,9H,2,4-5,8H2,(H,14,15,18). The number of nitrogens with one attached hydrogen (secondary N) is 1. The van der Waals surface area contributed by atoms with Gasteiger partial charge in [-0.15, -0.1) is 0 Å². The first-order valence-electron chi connectivity index (χ1n) is 6.12. The molecule has 1 N–H and O–H groups in total. The lowest BCUT2D eigenvalue weighted by molar-refractivity contribution is 0.102. The van der Waals surface area contributed by atoms with Crippen molar-refractivity contribution in [3.63, 3.8) is 0 Å². The summed E-state index contributed by atoms with van der Waals surface area (Å²) in [7, 11) is 0. The molecule has 0 atom stereocenters. The van der Waals surface area contributed by atoms with Crippen LogP contribution in [0.4, 0.5) is 5.82 Å². The third-order valence-electron chi connectivity index (χ3n) is 3.06. The fourth-order valence-electron chi connectivity index (χ4n) is 2.15. The van der Waals surface area contributed by atoms with Crippen LogP contribution in [-0.2, 0) is 13.0 Å². The lowest BCUT2D eigenvalue weighted by Gasteiger charge is -2.11. The number of rotatable bonds is 2. The van der Waals surface area contributed by atoms with Gasteiger partial charge in [-0.1, -0.05) is 6.07 Å². The monoisotopic (exact) mass is 242 g/mol. The number of carbonyl (C=O) groups excluding carboxylic acids is 1. The maximum atomic E-state index is 12.0. The Morgan fingerprint density at radius 2 is 2.28 bits per heavy atom. The quantitative estimate of drug-likeness (QED) is 0.874. The van der Waals surface area contributed by atoms with Crippen molar-refractivity contribution in [1.29, 1.82) is 0 Å². The first-order chi connectivity index (χ1) is 8.83. The number of aryl methyl sites for hydroxylation is 2. The van der Waals surface area contributed by atoms with Gasteiger partial charge in [-0.05, 0) is 37.5 Å². The minimum absolute atomic E-state index is 0.199. The molecular formula is C13H14N4O. The van der Waals surface area contributed by atoms with Crippen LogP contribution in [-0.4, -0.2) is 20.7 Å². The van der Waals surface area contributed by atoms with E-state index in [1.807, 2.05) is 22.9 Å². The number of aromatic nitrogens is 3. The van der Waals surface area contributed by atoms with Gasteiger partial charge in [0.05, 0.1) is 0 Å². The Balaban J connectivity index is 1.78. The smallest absolute Gasteiger partial charge is 0.277 e. The number of hydrogen-bond acceptors (Lipinski definition) is 3. The molecule has 3 heterocycles. The Morgan fingerprint density at radius 3 is 3.06 bits per heavy atom. The first-order valence-corrected chi connectivity index (χ1v) is 6.12. The number of nitrogens with zero attached hydrogens (tertiary/aromatic N) is 3. The van der Waals surface area contributed by atoms with Crippen LogP contribution in [0.3, 0.4) is 0 Å². The van der Waals surface area contributed by atoms with Crippen LogP contribution in [0.5, 0.6) is 0 Å². The molecule has 0 unspecified atom stereocenters. The summed E-state index contributed by atoms with van der Waals surface area (Å²) in [5.41, 5.74) is 1.62. The van der Waals surface area contributed by atoms with Crippen molar-refractivity contribution in [2.45, 2.75) is 25.8 Å². The van der Waals surface area contributed by atoms with Crippen molar-refractivity contribution in [3.8, 4) is 0 Å². The van der Waals surface area contributed by atoms with Gasteiger partial charge < -0.3 is 5.32 Å². The Kier molecular flexibility index (Phi) is 2.80. The van der Waals surface area contributed by atoms with Crippen LogP contribution in [0.2, 0.25) is 0 Å². The molecule has 0 aromatic carbocycles. The summed E-state index contributed by atoms with van der Waals surface area (Å²) >= 11 is 0. The SMILES string of the molecule is O=C(Nc1ccccn1)c1cc2n(n1)CCCC2. The second-order valence-electron chi connectivity index (χ2n) is 4.37. The topological polar surface area (TPSA) is 59.8 Å². The Hall–Kier alpha value is -2.17. The van der Waals surface area contributed by atoms with E-state index in [2.05, 4.69) is 15.4 Å². The average molecular weight is 242 g/mol. The van der Waals surface area contributed by atoms with Crippen molar-refractivity contribution in [2.75, 3.05) is 5.32 Å². The molecule has 0 saturated heterocycles. The van der Waals surface area contributed by atoms with Gasteiger partial charge in [0.25, 0.3) is 5.91 Å². The fourth-order valence-corrected chi connectivity index (χ4v) is 2.15. The summed E-state index contributed by atoms with van der Waals surface area (Å²) in [6, 6.07) is 7.27. The summed E-state index contributed by atoms with van der Waals surface area (Å²) in [5, 5.41) is 7.07. The molecule has 2 aromatic rings. The fraction of sp³-hybridized carbons (Fsp3) is 0.308. The van der Waals surface area contributed by atoms with Gasteiger partial charge in [0.15, 0.2) is 5.69 Å². The van der Waals surface area contributed by atoms with E-state index in [1.165, 1.54) is 6.42 Å². The molecule has 1 aliphatic heterocycles. The third-order valence-corrected chi connectivity index (χ3v) is 3.06. The summed E-state index contributed by atoms with van der Waals surface area (Å²) < 4.78 is 1.93. The highest BCUT2D eigenvalue weighted by Crippen LogP contribution is 2.15. The van der Waals surface area contributed by atoms with E-state index >= 15 is 0 Å². The Bertz CT molecular complexity index is 538. The van der Waals surface area contributed by atoms with Crippen molar-refractivity contribution in [3.05, 3.63) is 41.9 Å². The van der Waals surface area contributed by atoms with Gasteiger partial charge >= 0.3 is 0 Å². The predicted molar refractivity (Wildman–Crippen MR) is 67.4 cm³/mol. The van der Waals surface area contributed by atoms with Crippen molar-refractivity contribution >= 4 is 11.7 Å². The zero-order valence-corrected chi connectivity index (χ0v) is 9.97. The molecule has 1 amide bonds. The molecule has 5 nitrogen and oxygen atoms in total. The van der Waals surface area contributed by atoms with E-state index in [1.54, 1.807) is 12.3 Å². The van der Waals surface area contributed by atoms with Crippen molar-refractivity contribution in [1.82, 2.24) is 14.8 Å². The zero-order valence-electron chi connectivity index (χ0n) is 9.97. The molecular weight excluding hydrogens is 228 g/mol. The summed E-state index contributed by atoms with van der Waals surface area (Å²) in [5.74, 6) is 0.351. The molecule has 0 fully saturated rings. The number of carbonyl (C=O) groups is 1. The highest BCUT2D eigenvalue weighted by atomic mass is 16.2. The van der Waals surface area contributed by atoms with Crippen LogP contribution in [0.25, 0.3) is 0 Å². The van der Waals surface area contributed by atoms with Crippen LogP contribution < -0.4 is 5.32 Å². The van der Waals surface area contributed by atoms with Crippen LogP contribution in [0, 0.1) is 0 Å². The normalized spacial score (nSPS) is 14.0. The minimum Gasteiger partial charge on any atom is -0.305 e. The zero-order chi connectivity index (χ0) is 12.4. The molecule has 0 radical (unpaired) electrons. The Labute approximate surface area is 105 Å². The highest BCUT2D eigenvalue weighted by molar-refractivity contribution is 6.02. The Morgan fingerprint density at radius 1 is 1.33 bits per heavy atom. The summed E-state index contributed by atoms with van der Waals surface area (Å²) in [6.07, 6.45) is 4.96. The second-order valence-corrected chi connectivity index (χ2v) is 4.37. The molecule has 18 heavy (non-hydrogen) atoms. The summed E-state index contributed by atoms with van der Waals surface area (Å²) in [4.78, 5) is 16.1. The lowest BCUT2D eigenvalue weighted by atomic mass is 10.1. The number of pyridine rings is 1. The number of fused-ring (bicyclic) bond motifs is 1. The van der Waals surface area contributed by atoms with Gasteiger partial charge in [0, 0.05) is 18.4 Å². The first kappa shape index (κ1) is 11.0. The predicted octanol–water partition coefficient (Wildman–Crippen LogP) is 1.87. The van der Waals surface area contributed by atoms with Crippen molar-refractivity contribution < 1.29 is 4.79 Å². The molecule has 3 rings (SSSR count). The van der Waals surface area contributed by atoms with Gasteiger partial charge in [0.1, 0.15) is 5.82 Å². The van der Waals surface area contributed by atoms with Gasteiger partial charge in [-0.3, -0.25) is 9.48 Å². The van der Waals surface area contributed by atoms with Crippen LogP contribution in [0.15, 0.2) is 30.5 Å². The number of hydrogen-bond donors (Lipinski definition) is 1. The van der Waals surface area contributed by atoms with E-state index in [9.17, 15) is 4.79 Å². The molecule has 5 heteroatoms. The van der Waals surface area contributed by atoms with Crippen LogP contribution >= 0.6 is 0 Å². The molecule has 0 saturated carbocycles. The number of anilines is 1. The van der Waals surface area contributed by atoms with Gasteiger partial charge in [0.2, 0.25) is 0 Å². The second kappa shape index (κ2) is 4.60. The minimum atomic E-state index is -0.199. The molecule has 92 valence electrons. The molecule has 0 spiro atoms. The molecule has 0 bridgehead atoms. The molecule has 1 aliphatic rings.